The summed E-state index contributed by atoms with van der Waals surface area (Å²) in [6, 6.07) is 8.59. The summed E-state index contributed by atoms with van der Waals surface area (Å²) in [5, 5.41) is 15.2. The summed E-state index contributed by atoms with van der Waals surface area (Å²) in [5.41, 5.74) is 0.970. The van der Waals surface area contributed by atoms with E-state index >= 15 is 0 Å². The standard InChI is InChI=1S/C14H18BrN3/c1-9(8-15)10(2)16-14-13-7-5-4-6-12(13)11(3)17-18-14/h4-7,9-10H,8H2,1-3H3,(H,16,18). The fraction of sp³-hybridized carbons (Fsp3) is 0.429. The first-order valence-electron chi connectivity index (χ1n) is 6.18. The number of alkyl halides is 1. The fourth-order valence-electron chi connectivity index (χ4n) is 1.84. The molecular weight excluding hydrogens is 290 g/mol. The summed E-state index contributed by atoms with van der Waals surface area (Å²) in [5.74, 6) is 1.41. The third-order valence-electron chi connectivity index (χ3n) is 3.33. The first-order valence-corrected chi connectivity index (χ1v) is 7.30. The summed E-state index contributed by atoms with van der Waals surface area (Å²) in [7, 11) is 0. The van der Waals surface area contributed by atoms with Crippen LogP contribution in [0.5, 0.6) is 0 Å². The number of aryl methyl sites for hydroxylation is 1. The van der Waals surface area contributed by atoms with Crippen LogP contribution in [0.4, 0.5) is 5.82 Å². The van der Waals surface area contributed by atoms with Crippen molar-refractivity contribution < 1.29 is 0 Å². The lowest BCUT2D eigenvalue weighted by Gasteiger charge is -2.20. The highest BCUT2D eigenvalue weighted by Gasteiger charge is 2.13. The van der Waals surface area contributed by atoms with E-state index in [1.165, 1.54) is 0 Å². The van der Waals surface area contributed by atoms with Crippen molar-refractivity contribution >= 4 is 32.5 Å². The van der Waals surface area contributed by atoms with E-state index in [1.807, 2.05) is 19.1 Å². The van der Waals surface area contributed by atoms with E-state index in [2.05, 4.69) is 57.4 Å². The van der Waals surface area contributed by atoms with E-state index in [0.29, 0.717) is 12.0 Å². The van der Waals surface area contributed by atoms with Crippen molar-refractivity contribution in [2.45, 2.75) is 26.8 Å². The van der Waals surface area contributed by atoms with Gasteiger partial charge >= 0.3 is 0 Å². The molecule has 2 atom stereocenters. The van der Waals surface area contributed by atoms with Gasteiger partial charge in [-0.3, -0.25) is 0 Å². The van der Waals surface area contributed by atoms with Gasteiger partial charge in [-0.2, -0.15) is 5.10 Å². The lowest BCUT2D eigenvalue weighted by molar-refractivity contribution is 0.570. The number of anilines is 1. The molecule has 18 heavy (non-hydrogen) atoms. The van der Waals surface area contributed by atoms with Crippen molar-refractivity contribution in [3.63, 3.8) is 0 Å². The smallest absolute Gasteiger partial charge is 0.156 e. The minimum absolute atomic E-state index is 0.352. The molecule has 1 aromatic heterocycles. The molecule has 1 heterocycles. The summed E-state index contributed by atoms with van der Waals surface area (Å²) in [4.78, 5) is 0. The van der Waals surface area contributed by atoms with Gasteiger partial charge in [0.1, 0.15) is 0 Å². The van der Waals surface area contributed by atoms with Crippen molar-refractivity contribution in [2.24, 2.45) is 5.92 Å². The number of hydrogen-bond acceptors (Lipinski definition) is 3. The van der Waals surface area contributed by atoms with Crippen LogP contribution in [0.3, 0.4) is 0 Å². The van der Waals surface area contributed by atoms with Crippen LogP contribution in [-0.2, 0) is 0 Å². The molecule has 0 bridgehead atoms. The third kappa shape index (κ3) is 2.64. The van der Waals surface area contributed by atoms with Crippen molar-refractivity contribution in [1.29, 1.82) is 0 Å². The van der Waals surface area contributed by atoms with Gasteiger partial charge in [0.25, 0.3) is 0 Å². The summed E-state index contributed by atoms with van der Waals surface area (Å²) in [6.45, 7) is 6.36. The molecule has 0 amide bonds. The van der Waals surface area contributed by atoms with Gasteiger partial charge in [0.2, 0.25) is 0 Å². The molecule has 0 saturated carbocycles. The van der Waals surface area contributed by atoms with E-state index in [9.17, 15) is 0 Å². The highest BCUT2D eigenvalue weighted by atomic mass is 79.9. The molecule has 4 heteroatoms. The van der Waals surface area contributed by atoms with Crippen LogP contribution in [0.1, 0.15) is 19.5 Å². The fourth-order valence-corrected chi connectivity index (χ4v) is 2.40. The predicted molar refractivity (Wildman–Crippen MR) is 80.3 cm³/mol. The number of nitrogens with one attached hydrogen (secondary N) is 1. The number of benzene rings is 1. The molecule has 2 unspecified atom stereocenters. The van der Waals surface area contributed by atoms with Gasteiger partial charge in [-0.1, -0.05) is 47.1 Å². The van der Waals surface area contributed by atoms with Crippen LogP contribution < -0.4 is 5.32 Å². The van der Waals surface area contributed by atoms with Crippen LogP contribution in [0, 0.1) is 12.8 Å². The SMILES string of the molecule is Cc1nnc(NC(C)C(C)CBr)c2ccccc12. The van der Waals surface area contributed by atoms with Crippen molar-refractivity contribution in [1.82, 2.24) is 10.2 Å². The number of rotatable bonds is 4. The van der Waals surface area contributed by atoms with E-state index in [4.69, 9.17) is 0 Å². The monoisotopic (exact) mass is 307 g/mol. The van der Waals surface area contributed by atoms with Crippen molar-refractivity contribution in [3.05, 3.63) is 30.0 Å². The summed E-state index contributed by atoms with van der Waals surface area (Å²) in [6.07, 6.45) is 0. The summed E-state index contributed by atoms with van der Waals surface area (Å²) < 4.78 is 0. The Bertz CT molecular complexity index is 542. The maximum atomic E-state index is 4.29. The first-order chi connectivity index (χ1) is 8.63. The van der Waals surface area contributed by atoms with Gasteiger partial charge in [-0.05, 0) is 19.8 Å². The first kappa shape index (κ1) is 13.3. The number of halogens is 1. The second-order valence-corrected chi connectivity index (χ2v) is 5.39. The molecule has 0 spiro atoms. The Balaban J connectivity index is 2.37. The maximum absolute atomic E-state index is 4.29. The average Bonchev–Trinajstić information content (AvgIpc) is 2.41. The lowest BCUT2D eigenvalue weighted by Crippen LogP contribution is -2.25. The molecule has 1 aromatic carbocycles. The Labute approximate surface area is 116 Å². The Morgan fingerprint density at radius 2 is 1.83 bits per heavy atom. The quantitative estimate of drug-likeness (QED) is 0.874. The predicted octanol–water partition coefficient (Wildman–Crippen LogP) is 3.77. The Hall–Kier alpha value is -1.16. The number of aromatic nitrogens is 2. The van der Waals surface area contributed by atoms with Gasteiger partial charge in [-0.25, -0.2) is 0 Å². The zero-order valence-electron chi connectivity index (χ0n) is 10.9. The Morgan fingerprint density at radius 1 is 1.17 bits per heavy atom. The van der Waals surface area contributed by atoms with Gasteiger partial charge in [-0.15, -0.1) is 5.10 Å². The Morgan fingerprint density at radius 3 is 2.50 bits per heavy atom. The number of nitrogens with zero attached hydrogens (tertiary/aromatic N) is 2. The average molecular weight is 308 g/mol. The summed E-state index contributed by atoms with van der Waals surface area (Å²) >= 11 is 3.51. The molecule has 1 N–H and O–H groups in total. The van der Waals surface area contributed by atoms with E-state index < -0.39 is 0 Å². The second kappa shape index (κ2) is 5.65. The van der Waals surface area contributed by atoms with Gasteiger partial charge in [0.15, 0.2) is 5.82 Å². The van der Waals surface area contributed by atoms with Crippen LogP contribution in [0.15, 0.2) is 24.3 Å². The molecule has 0 saturated heterocycles. The Kier molecular flexibility index (Phi) is 4.17. The minimum Gasteiger partial charge on any atom is -0.365 e. The van der Waals surface area contributed by atoms with Gasteiger partial charge < -0.3 is 5.32 Å². The topological polar surface area (TPSA) is 37.8 Å². The molecule has 0 aliphatic heterocycles. The van der Waals surface area contributed by atoms with Crippen LogP contribution in [0.25, 0.3) is 10.8 Å². The second-order valence-electron chi connectivity index (χ2n) is 4.74. The van der Waals surface area contributed by atoms with Gasteiger partial charge in [0.05, 0.1) is 5.69 Å². The molecular formula is C14H18BrN3. The minimum atomic E-state index is 0.352. The highest BCUT2D eigenvalue weighted by molar-refractivity contribution is 9.09. The molecule has 0 fully saturated rings. The van der Waals surface area contributed by atoms with E-state index in [0.717, 1.165) is 27.6 Å². The van der Waals surface area contributed by atoms with Crippen molar-refractivity contribution in [2.75, 3.05) is 10.6 Å². The lowest BCUT2D eigenvalue weighted by atomic mass is 10.1. The van der Waals surface area contributed by atoms with Gasteiger partial charge in [0, 0.05) is 22.1 Å². The van der Waals surface area contributed by atoms with Crippen molar-refractivity contribution in [3.8, 4) is 0 Å². The normalized spacial score (nSPS) is 14.4. The number of hydrogen-bond donors (Lipinski definition) is 1. The van der Waals surface area contributed by atoms with Crippen LogP contribution in [0.2, 0.25) is 0 Å². The zero-order valence-corrected chi connectivity index (χ0v) is 12.5. The highest BCUT2D eigenvalue weighted by Crippen LogP contribution is 2.23. The third-order valence-corrected chi connectivity index (χ3v) is 4.35. The zero-order chi connectivity index (χ0) is 13.1. The molecule has 0 aliphatic rings. The van der Waals surface area contributed by atoms with E-state index in [1.54, 1.807) is 0 Å². The molecule has 2 aromatic rings. The molecule has 2 rings (SSSR count). The largest absolute Gasteiger partial charge is 0.365 e. The maximum Gasteiger partial charge on any atom is 0.156 e. The molecule has 3 nitrogen and oxygen atoms in total. The van der Waals surface area contributed by atoms with E-state index in [-0.39, 0.29) is 0 Å². The van der Waals surface area contributed by atoms with Crippen LogP contribution in [-0.4, -0.2) is 21.6 Å². The molecule has 0 radical (unpaired) electrons. The molecule has 0 aliphatic carbocycles. The number of fused-ring (bicyclic) bond motifs is 1. The van der Waals surface area contributed by atoms with Crippen LogP contribution >= 0.6 is 15.9 Å². The molecule has 96 valence electrons.